The first-order valence-electron chi connectivity index (χ1n) is 8.01. The fourth-order valence-corrected chi connectivity index (χ4v) is 3.28. The lowest BCUT2D eigenvalue weighted by Crippen LogP contribution is -2.32. The van der Waals surface area contributed by atoms with Crippen LogP contribution in [0.2, 0.25) is 0 Å². The maximum atomic E-state index is 10.1. The molecule has 1 aliphatic rings. The van der Waals surface area contributed by atoms with Gasteiger partial charge in [0.05, 0.1) is 5.69 Å². The first-order valence-corrected chi connectivity index (χ1v) is 8.01. The molecule has 1 aromatic heterocycles. The molecule has 1 N–H and O–H groups in total. The normalized spacial score (nSPS) is 17.0. The lowest BCUT2D eigenvalue weighted by molar-refractivity contribution is 0.185. The zero-order valence-electron chi connectivity index (χ0n) is 13.6. The van der Waals surface area contributed by atoms with Crippen LogP contribution in [0.5, 0.6) is 5.75 Å². The lowest BCUT2D eigenvalue weighted by Gasteiger charge is -2.30. The van der Waals surface area contributed by atoms with Crippen LogP contribution in [-0.4, -0.2) is 28.3 Å². The van der Waals surface area contributed by atoms with Gasteiger partial charge in [0.15, 0.2) is 0 Å². The van der Waals surface area contributed by atoms with Crippen molar-refractivity contribution in [3.05, 3.63) is 35.2 Å². The van der Waals surface area contributed by atoms with Gasteiger partial charge in [0.25, 0.3) is 0 Å². The van der Waals surface area contributed by atoms with Gasteiger partial charge >= 0.3 is 0 Å². The van der Waals surface area contributed by atoms with Gasteiger partial charge in [0.1, 0.15) is 11.5 Å². The number of phenolic OH excluding ortho intramolecular Hbond substituents is 1. The van der Waals surface area contributed by atoms with Crippen molar-refractivity contribution in [2.75, 3.05) is 13.1 Å². The molecule has 1 aromatic carbocycles. The Hall–Kier alpha value is -1.81. The Labute approximate surface area is 131 Å². The van der Waals surface area contributed by atoms with Crippen molar-refractivity contribution in [2.45, 2.75) is 40.2 Å². The van der Waals surface area contributed by atoms with Crippen LogP contribution in [0.3, 0.4) is 0 Å². The molecule has 0 saturated carbocycles. The molecule has 118 valence electrons. The summed E-state index contributed by atoms with van der Waals surface area (Å²) in [6, 6.07) is 5.79. The third kappa shape index (κ3) is 3.17. The number of benzene rings is 1. The molecule has 0 amide bonds. The van der Waals surface area contributed by atoms with Crippen LogP contribution in [-0.2, 0) is 6.54 Å². The number of rotatable bonds is 3. The predicted octanol–water partition coefficient (Wildman–Crippen LogP) is 3.90. The number of hydrogen-bond acceptors (Lipinski definition) is 4. The highest BCUT2D eigenvalue weighted by molar-refractivity contribution is 5.69. The van der Waals surface area contributed by atoms with E-state index in [0.29, 0.717) is 5.75 Å². The molecule has 1 saturated heterocycles. The summed E-state index contributed by atoms with van der Waals surface area (Å²) < 4.78 is 5.25. The summed E-state index contributed by atoms with van der Waals surface area (Å²) in [5.41, 5.74) is 3.98. The van der Waals surface area contributed by atoms with Gasteiger partial charge in [-0.05, 0) is 75.0 Å². The average molecular weight is 300 g/mol. The topological polar surface area (TPSA) is 49.5 Å². The van der Waals surface area contributed by atoms with Gasteiger partial charge in [0, 0.05) is 12.1 Å². The van der Waals surface area contributed by atoms with E-state index in [2.05, 4.69) is 23.0 Å². The molecule has 4 nitrogen and oxygen atoms in total. The quantitative estimate of drug-likeness (QED) is 0.934. The van der Waals surface area contributed by atoms with Crippen LogP contribution >= 0.6 is 0 Å². The molecule has 0 bridgehead atoms. The zero-order chi connectivity index (χ0) is 15.7. The highest BCUT2D eigenvalue weighted by Crippen LogP contribution is 2.31. The Kier molecular flexibility index (Phi) is 4.21. The van der Waals surface area contributed by atoms with Crippen LogP contribution in [0.25, 0.3) is 11.1 Å². The fourth-order valence-electron chi connectivity index (χ4n) is 3.28. The SMILES string of the molecule is Cc1noc(C)c1-c1cc(O)cc(CN2CCC(C)CC2)c1. The fraction of sp³-hybridized carbons (Fsp3) is 0.500. The minimum Gasteiger partial charge on any atom is -0.508 e. The minimum absolute atomic E-state index is 0.304. The van der Waals surface area contributed by atoms with Crippen molar-refractivity contribution in [3.8, 4) is 16.9 Å². The number of likely N-dealkylation sites (tertiary alicyclic amines) is 1. The molecule has 2 heterocycles. The van der Waals surface area contributed by atoms with Gasteiger partial charge < -0.3 is 9.63 Å². The number of hydrogen-bond donors (Lipinski definition) is 1. The Balaban J connectivity index is 1.84. The van der Waals surface area contributed by atoms with E-state index in [4.69, 9.17) is 4.52 Å². The van der Waals surface area contributed by atoms with E-state index in [1.165, 1.54) is 12.8 Å². The molecule has 0 radical (unpaired) electrons. The first-order chi connectivity index (χ1) is 10.5. The van der Waals surface area contributed by atoms with Gasteiger partial charge in [-0.25, -0.2) is 0 Å². The largest absolute Gasteiger partial charge is 0.508 e. The Morgan fingerprint density at radius 2 is 1.95 bits per heavy atom. The van der Waals surface area contributed by atoms with E-state index in [1.54, 1.807) is 6.07 Å². The Morgan fingerprint density at radius 3 is 2.59 bits per heavy atom. The summed E-state index contributed by atoms with van der Waals surface area (Å²) in [6.45, 7) is 9.32. The van der Waals surface area contributed by atoms with Crippen molar-refractivity contribution in [1.82, 2.24) is 10.1 Å². The Morgan fingerprint density at radius 1 is 1.23 bits per heavy atom. The summed E-state index contributed by atoms with van der Waals surface area (Å²) in [5.74, 6) is 1.93. The molecule has 0 aliphatic carbocycles. The predicted molar refractivity (Wildman–Crippen MR) is 86.8 cm³/mol. The van der Waals surface area contributed by atoms with E-state index in [-0.39, 0.29) is 0 Å². The second kappa shape index (κ2) is 6.13. The number of aromatic hydroxyl groups is 1. The zero-order valence-corrected chi connectivity index (χ0v) is 13.6. The molecule has 1 fully saturated rings. The van der Waals surface area contributed by atoms with E-state index in [1.807, 2.05) is 19.9 Å². The van der Waals surface area contributed by atoms with Gasteiger partial charge in [-0.1, -0.05) is 12.1 Å². The number of aromatic nitrogens is 1. The molecule has 4 heteroatoms. The minimum atomic E-state index is 0.304. The van der Waals surface area contributed by atoms with Crippen molar-refractivity contribution in [2.24, 2.45) is 5.92 Å². The number of aryl methyl sites for hydroxylation is 2. The third-order valence-electron chi connectivity index (χ3n) is 4.58. The standard InChI is InChI=1S/C18H24N2O2/c1-12-4-6-20(7-5-12)11-15-8-16(10-17(21)9-15)18-13(2)19-22-14(18)3/h8-10,12,21H,4-7,11H2,1-3H3. The van der Waals surface area contributed by atoms with Gasteiger partial charge in [-0.3, -0.25) is 4.90 Å². The molecular weight excluding hydrogens is 276 g/mol. The maximum absolute atomic E-state index is 10.1. The van der Waals surface area contributed by atoms with E-state index in [0.717, 1.165) is 53.7 Å². The highest BCUT2D eigenvalue weighted by atomic mass is 16.5. The van der Waals surface area contributed by atoms with Crippen molar-refractivity contribution < 1.29 is 9.63 Å². The lowest BCUT2D eigenvalue weighted by atomic mass is 9.97. The molecular formula is C18H24N2O2. The summed E-state index contributed by atoms with van der Waals surface area (Å²) in [6.07, 6.45) is 2.52. The first kappa shape index (κ1) is 15.1. The van der Waals surface area contributed by atoms with Crippen molar-refractivity contribution >= 4 is 0 Å². The second-order valence-electron chi connectivity index (χ2n) is 6.55. The number of phenols is 1. The van der Waals surface area contributed by atoms with Crippen LogP contribution in [0, 0.1) is 19.8 Å². The third-order valence-corrected chi connectivity index (χ3v) is 4.58. The Bertz CT molecular complexity index is 636. The molecule has 3 rings (SSSR count). The smallest absolute Gasteiger partial charge is 0.141 e. The highest BCUT2D eigenvalue weighted by Gasteiger charge is 2.17. The van der Waals surface area contributed by atoms with Crippen molar-refractivity contribution in [3.63, 3.8) is 0 Å². The molecule has 2 aromatic rings. The van der Waals surface area contributed by atoms with Crippen molar-refractivity contribution in [1.29, 1.82) is 0 Å². The van der Waals surface area contributed by atoms with E-state index < -0.39 is 0 Å². The van der Waals surface area contributed by atoms with E-state index >= 15 is 0 Å². The summed E-state index contributed by atoms with van der Waals surface area (Å²) in [5, 5.41) is 14.1. The van der Waals surface area contributed by atoms with Gasteiger partial charge in [-0.2, -0.15) is 0 Å². The second-order valence-corrected chi connectivity index (χ2v) is 6.55. The van der Waals surface area contributed by atoms with Gasteiger partial charge in [0.2, 0.25) is 0 Å². The number of piperidine rings is 1. The van der Waals surface area contributed by atoms with Crippen LogP contribution in [0.15, 0.2) is 22.7 Å². The van der Waals surface area contributed by atoms with Crippen LogP contribution < -0.4 is 0 Å². The average Bonchev–Trinajstić information content (AvgIpc) is 2.80. The number of nitrogens with zero attached hydrogens (tertiary/aromatic N) is 2. The molecule has 1 aliphatic heterocycles. The summed E-state index contributed by atoms with van der Waals surface area (Å²) >= 11 is 0. The van der Waals surface area contributed by atoms with Gasteiger partial charge in [-0.15, -0.1) is 0 Å². The van der Waals surface area contributed by atoms with Crippen LogP contribution in [0.4, 0.5) is 0 Å². The summed E-state index contributed by atoms with van der Waals surface area (Å²) in [4.78, 5) is 2.46. The molecule has 22 heavy (non-hydrogen) atoms. The molecule has 0 atom stereocenters. The molecule has 0 spiro atoms. The summed E-state index contributed by atoms with van der Waals surface area (Å²) in [7, 11) is 0. The monoisotopic (exact) mass is 300 g/mol. The van der Waals surface area contributed by atoms with E-state index in [9.17, 15) is 5.11 Å². The maximum Gasteiger partial charge on any atom is 0.141 e. The van der Waals surface area contributed by atoms with Crippen LogP contribution in [0.1, 0.15) is 36.8 Å². The molecule has 0 unspecified atom stereocenters.